The SMILES string of the molecule is CC(C)(C)c1ccc2c(c1)C(=O)NC2=O.O=C1NC(=O)c2cc(C(F)(F)F)ccc21.O=C1NC(=O)c2cc(Cl)c(Cl)cc21.O=C1NCc2cccc3cccc1c23. The maximum absolute atomic E-state index is 12.3. The number of halogens is 5. The first-order valence-electron chi connectivity index (χ1n) is 16.9. The molecule has 57 heavy (non-hydrogen) atoms. The molecule has 5 aromatic rings. The number of nitrogens with one attached hydrogen (secondary N) is 4. The summed E-state index contributed by atoms with van der Waals surface area (Å²) in [5, 5.41) is 12.0. The second-order valence-electron chi connectivity index (χ2n) is 13.9. The highest BCUT2D eigenvalue weighted by Crippen LogP contribution is 2.32. The van der Waals surface area contributed by atoms with Crippen molar-refractivity contribution in [2.45, 2.75) is 38.9 Å². The number of alkyl halides is 3. The third-order valence-corrected chi connectivity index (χ3v) is 9.84. The Morgan fingerprint density at radius 3 is 1.39 bits per heavy atom. The summed E-state index contributed by atoms with van der Waals surface area (Å²) in [5.41, 5.74) is 3.39. The molecule has 0 saturated carbocycles. The molecule has 11 nitrogen and oxygen atoms in total. The van der Waals surface area contributed by atoms with Gasteiger partial charge < -0.3 is 5.32 Å². The highest BCUT2D eigenvalue weighted by molar-refractivity contribution is 6.43. The van der Waals surface area contributed by atoms with Gasteiger partial charge in [-0.15, -0.1) is 0 Å². The summed E-state index contributed by atoms with van der Waals surface area (Å²) in [6.07, 6.45) is -4.51. The van der Waals surface area contributed by atoms with Crippen molar-refractivity contribution < 1.29 is 46.7 Å². The third kappa shape index (κ3) is 8.27. The zero-order valence-electron chi connectivity index (χ0n) is 30.0. The van der Waals surface area contributed by atoms with Crippen LogP contribution in [0.25, 0.3) is 10.8 Å². The highest BCUT2D eigenvalue weighted by atomic mass is 35.5. The molecular weight excluding hydrogens is 788 g/mol. The molecule has 5 aromatic carbocycles. The largest absolute Gasteiger partial charge is 0.416 e. The average Bonchev–Trinajstić information content (AvgIpc) is 3.72. The molecule has 0 atom stereocenters. The van der Waals surface area contributed by atoms with Crippen molar-refractivity contribution in [2.24, 2.45) is 0 Å². The van der Waals surface area contributed by atoms with E-state index in [2.05, 4.69) is 42.8 Å². The molecule has 0 fully saturated rings. The van der Waals surface area contributed by atoms with Crippen LogP contribution >= 0.6 is 23.2 Å². The minimum atomic E-state index is -4.51. The van der Waals surface area contributed by atoms with Gasteiger partial charge in [-0.25, -0.2) is 0 Å². The van der Waals surface area contributed by atoms with Crippen LogP contribution in [0.4, 0.5) is 13.2 Å². The van der Waals surface area contributed by atoms with E-state index in [0.717, 1.165) is 34.0 Å². The molecular formula is C41H29Cl2F3N4O7. The van der Waals surface area contributed by atoms with Crippen LogP contribution in [0.15, 0.2) is 84.9 Å². The van der Waals surface area contributed by atoms with Crippen molar-refractivity contribution >= 4 is 75.3 Å². The third-order valence-electron chi connectivity index (χ3n) is 9.12. The first-order valence-corrected chi connectivity index (χ1v) is 17.7. The smallest absolute Gasteiger partial charge is 0.348 e. The number of fused-ring (bicyclic) bond motifs is 3. The summed E-state index contributed by atoms with van der Waals surface area (Å²) in [6, 6.07) is 22.6. The first kappa shape index (κ1) is 40.3. The lowest BCUT2D eigenvalue weighted by molar-refractivity contribution is -0.137. The zero-order chi connectivity index (χ0) is 41.6. The lowest BCUT2D eigenvalue weighted by atomic mass is 9.85. The van der Waals surface area contributed by atoms with E-state index in [9.17, 15) is 46.7 Å². The van der Waals surface area contributed by atoms with Crippen molar-refractivity contribution in [3.8, 4) is 0 Å². The molecule has 0 radical (unpaired) electrons. The molecule has 4 aliphatic heterocycles. The molecule has 0 bridgehead atoms. The summed E-state index contributed by atoms with van der Waals surface area (Å²) in [6.45, 7) is 6.86. The summed E-state index contributed by atoms with van der Waals surface area (Å²) >= 11 is 11.4. The minimum absolute atomic E-state index is 0.0129. The van der Waals surface area contributed by atoms with Crippen LogP contribution in [0, 0.1) is 0 Å². The Balaban J connectivity index is 0.000000129. The predicted octanol–water partition coefficient (Wildman–Crippen LogP) is 7.42. The number of benzene rings is 5. The molecule has 0 aromatic heterocycles. The standard InChI is InChI=1S/C12H13NO2.C12H9NO.C9H4F3NO2.C8H3Cl2NO2/c1-12(2,3)7-4-5-8-9(6-7)11(15)13-10(8)14;14-12-10-6-2-4-8-3-1-5-9(7-13-12)11(8)10;10-9(11,12)4-1-2-5-6(3-4)8(15)13-7(5)14;9-5-1-3-4(2-6(5)10)8(13)11-7(3)12/h4-6H,1-3H3,(H,13,14,15);1-6H,7H2,(H,13,14);1-3H,(H,13,14,15);1-2H,(H,11,12,13). The van der Waals surface area contributed by atoms with E-state index in [0.29, 0.717) is 23.7 Å². The molecule has 9 rings (SSSR count). The molecule has 4 heterocycles. The number of hydrogen-bond acceptors (Lipinski definition) is 7. The number of carbonyl (C=O) groups excluding carboxylic acids is 7. The van der Waals surface area contributed by atoms with E-state index >= 15 is 0 Å². The summed E-state index contributed by atoms with van der Waals surface area (Å²) < 4.78 is 36.8. The monoisotopic (exact) mass is 816 g/mol. The maximum Gasteiger partial charge on any atom is 0.416 e. The van der Waals surface area contributed by atoms with Gasteiger partial charge in [-0.3, -0.25) is 49.5 Å². The van der Waals surface area contributed by atoms with E-state index in [1.54, 1.807) is 12.1 Å². The van der Waals surface area contributed by atoms with Gasteiger partial charge in [0.2, 0.25) is 0 Å². The Labute approximate surface area is 331 Å². The van der Waals surface area contributed by atoms with Crippen LogP contribution < -0.4 is 21.3 Å². The van der Waals surface area contributed by atoms with Gasteiger partial charge in [0.15, 0.2) is 0 Å². The molecule has 4 N–H and O–H groups in total. The highest BCUT2D eigenvalue weighted by Gasteiger charge is 2.35. The first-order chi connectivity index (χ1) is 26.7. The molecule has 7 amide bonds. The van der Waals surface area contributed by atoms with Gasteiger partial charge >= 0.3 is 6.18 Å². The van der Waals surface area contributed by atoms with Crippen LogP contribution in [0.5, 0.6) is 0 Å². The van der Waals surface area contributed by atoms with Crippen molar-refractivity contribution in [3.05, 3.63) is 151 Å². The maximum atomic E-state index is 12.3. The van der Waals surface area contributed by atoms with Gasteiger partial charge in [0, 0.05) is 12.1 Å². The Morgan fingerprint density at radius 2 is 0.912 bits per heavy atom. The number of carbonyl (C=O) groups is 7. The van der Waals surface area contributed by atoms with Crippen molar-refractivity contribution in [1.29, 1.82) is 0 Å². The molecule has 16 heteroatoms. The van der Waals surface area contributed by atoms with Crippen molar-refractivity contribution in [1.82, 2.24) is 21.3 Å². The topological polar surface area (TPSA) is 168 Å². The molecule has 0 saturated heterocycles. The molecule has 0 spiro atoms. The number of rotatable bonds is 0. The Bertz CT molecular complexity index is 2470. The van der Waals surface area contributed by atoms with Gasteiger partial charge in [0.05, 0.1) is 49.0 Å². The number of hydrogen-bond donors (Lipinski definition) is 4. The fraction of sp³-hybridized carbons (Fsp3) is 0.146. The van der Waals surface area contributed by atoms with Crippen LogP contribution in [0.2, 0.25) is 10.0 Å². The van der Waals surface area contributed by atoms with Gasteiger partial charge in [0.1, 0.15) is 0 Å². The van der Waals surface area contributed by atoms with Crippen LogP contribution in [-0.2, 0) is 18.1 Å². The molecule has 4 aliphatic rings. The normalized spacial score (nSPS) is 14.7. The lowest BCUT2D eigenvalue weighted by Crippen LogP contribution is -2.27. The number of imide groups is 3. The fourth-order valence-electron chi connectivity index (χ4n) is 6.16. The number of amides is 7. The van der Waals surface area contributed by atoms with Crippen LogP contribution in [-0.4, -0.2) is 41.4 Å². The fourth-order valence-corrected chi connectivity index (χ4v) is 6.49. The van der Waals surface area contributed by atoms with Crippen LogP contribution in [0.3, 0.4) is 0 Å². The van der Waals surface area contributed by atoms with Gasteiger partial charge in [-0.1, -0.05) is 80.4 Å². The Morgan fingerprint density at radius 1 is 0.491 bits per heavy atom. The van der Waals surface area contributed by atoms with Gasteiger partial charge in [-0.2, -0.15) is 13.2 Å². The molecule has 290 valence electrons. The summed E-state index contributed by atoms with van der Waals surface area (Å²) in [4.78, 5) is 78.6. The van der Waals surface area contributed by atoms with Crippen LogP contribution in [0.1, 0.15) is 110 Å². The van der Waals surface area contributed by atoms with Gasteiger partial charge in [-0.05, 0) is 75.8 Å². The van der Waals surface area contributed by atoms with E-state index in [-0.39, 0.29) is 55.4 Å². The second-order valence-corrected chi connectivity index (χ2v) is 14.7. The van der Waals surface area contributed by atoms with E-state index in [4.69, 9.17) is 23.2 Å². The quantitative estimate of drug-likeness (QED) is 0.118. The molecule has 0 unspecified atom stereocenters. The average molecular weight is 818 g/mol. The molecule has 0 aliphatic carbocycles. The lowest BCUT2D eigenvalue weighted by Gasteiger charge is -2.19. The Kier molecular flexibility index (Phi) is 10.8. The summed E-state index contributed by atoms with van der Waals surface area (Å²) in [7, 11) is 0. The predicted molar refractivity (Wildman–Crippen MR) is 204 cm³/mol. The van der Waals surface area contributed by atoms with E-state index in [1.165, 1.54) is 17.7 Å². The summed E-state index contributed by atoms with van der Waals surface area (Å²) in [5.74, 6) is -2.87. The van der Waals surface area contributed by atoms with Gasteiger partial charge in [0.25, 0.3) is 41.4 Å². The van der Waals surface area contributed by atoms with E-state index < -0.39 is 35.4 Å². The van der Waals surface area contributed by atoms with Crippen molar-refractivity contribution in [3.63, 3.8) is 0 Å². The van der Waals surface area contributed by atoms with E-state index in [1.807, 2.05) is 41.7 Å². The zero-order valence-corrected chi connectivity index (χ0v) is 31.5. The second kappa shape index (κ2) is 15.3. The minimum Gasteiger partial charge on any atom is -0.348 e. The van der Waals surface area contributed by atoms with Crippen molar-refractivity contribution in [2.75, 3.05) is 0 Å². The Hall–Kier alpha value is -6.38.